The van der Waals surface area contributed by atoms with Crippen molar-refractivity contribution in [3.63, 3.8) is 0 Å². The molecule has 0 saturated carbocycles. The van der Waals surface area contributed by atoms with Crippen LogP contribution in [0.3, 0.4) is 0 Å². The van der Waals surface area contributed by atoms with Gasteiger partial charge in [0.15, 0.2) is 5.69 Å². The van der Waals surface area contributed by atoms with Crippen LogP contribution in [0.2, 0.25) is 0 Å². The van der Waals surface area contributed by atoms with Gasteiger partial charge in [-0.3, -0.25) is 25.4 Å². The number of nitrogens with one attached hydrogen (secondary N) is 3. The average Bonchev–Trinajstić information content (AvgIpc) is 3.21. The number of carbonyl (C=O) groups excluding carboxylic acids is 2. The number of rotatable bonds is 5. The number of hydrogen-bond donors (Lipinski definition) is 4. The van der Waals surface area contributed by atoms with Crippen molar-refractivity contribution in [1.82, 2.24) is 25.7 Å². The number of benzene rings is 2. The van der Waals surface area contributed by atoms with Crippen LogP contribution < -0.4 is 16.3 Å². The van der Waals surface area contributed by atoms with Crippen LogP contribution in [0.15, 0.2) is 73.1 Å². The third kappa shape index (κ3) is 5.14. The van der Waals surface area contributed by atoms with Crippen LogP contribution in [0.4, 0.5) is 9.18 Å². The van der Waals surface area contributed by atoms with Crippen molar-refractivity contribution in [3.05, 3.63) is 95.7 Å². The summed E-state index contributed by atoms with van der Waals surface area (Å²) >= 11 is 0. The van der Waals surface area contributed by atoms with E-state index < -0.39 is 23.7 Å². The first-order chi connectivity index (χ1) is 16.8. The Morgan fingerprint density at radius 2 is 1.60 bits per heavy atom. The monoisotopic (exact) mass is 474 g/mol. The van der Waals surface area contributed by atoms with Gasteiger partial charge in [-0.2, -0.15) is 9.89 Å². The molecule has 0 aliphatic rings. The van der Waals surface area contributed by atoms with Gasteiger partial charge in [0.2, 0.25) is 0 Å². The average molecular weight is 474 g/mol. The van der Waals surface area contributed by atoms with E-state index >= 15 is 0 Å². The molecule has 0 aliphatic carbocycles. The third-order valence-corrected chi connectivity index (χ3v) is 4.94. The van der Waals surface area contributed by atoms with Crippen molar-refractivity contribution in [2.24, 2.45) is 0 Å². The van der Waals surface area contributed by atoms with Gasteiger partial charge < -0.3 is 5.11 Å². The predicted molar refractivity (Wildman–Crippen MR) is 124 cm³/mol. The number of hydrazine groups is 1. The van der Waals surface area contributed by atoms with E-state index in [2.05, 4.69) is 20.9 Å². The molecule has 4 aromatic rings. The molecule has 0 unspecified atom stereocenters. The van der Waals surface area contributed by atoms with Crippen LogP contribution in [0.25, 0.3) is 22.4 Å². The van der Waals surface area contributed by atoms with E-state index in [4.69, 9.17) is 0 Å². The highest BCUT2D eigenvalue weighted by molar-refractivity contribution is 6.05. The van der Waals surface area contributed by atoms with Crippen LogP contribution in [-0.4, -0.2) is 37.9 Å². The fraction of sp³-hybridized carbons (Fsp3) is 0.0417. The number of aromatic nitrogens is 3. The van der Waals surface area contributed by atoms with Gasteiger partial charge in [0, 0.05) is 29.1 Å². The predicted octanol–water partition coefficient (Wildman–Crippen LogP) is 3.36. The van der Waals surface area contributed by atoms with Gasteiger partial charge in [0.05, 0.1) is 0 Å². The zero-order valence-corrected chi connectivity index (χ0v) is 18.3. The largest absolute Gasteiger partial charge is 0.464 e. The van der Waals surface area contributed by atoms with Crippen molar-refractivity contribution < 1.29 is 23.9 Å². The Bertz CT molecular complexity index is 1420. The minimum atomic E-state index is -1.48. The maximum atomic E-state index is 14.0. The van der Waals surface area contributed by atoms with Crippen molar-refractivity contribution >= 4 is 17.9 Å². The molecule has 35 heavy (non-hydrogen) atoms. The molecule has 3 amide bonds. The number of carbonyl (C=O) groups is 3. The molecular formula is C24H19FN6O4. The topological polar surface area (TPSA) is 138 Å². The van der Waals surface area contributed by atoms with Gasteiger partial charge in [0.25, 0.3) is 11.8 Å². The van der Waals surface area contributed by atoms with E-state index in [-0.39, 0.29) is 22.5 Å². The van der Waals surface area contributed by atoms with E-state index in [1.54, 1.807) is 24.3 Å². The van der Waals surface area contributed by atoms with Crippen molar-refractivity contribution in [3.8, 4) is 22.4 Å². The summed E-state index contributed by atoms with van der Waals surface area (Å²) in [6, 6.07) is 15.5. The van der Waals surface area contributed by atoms with Crippen molar-refractivity contribution in [2.75, 3.05) is 5.43 Å². The molecule has 0 fully saturated rings. The Hall–Kier alpha value is -5.06. The molecule has 0 spiro atoms. The first kappa shape index (κ1) is 23.1. The molecule has 2 aromatic heterocycles. The fourth-order valence-corrected chi connectivity index (χ4v) is 3.46. The molecule has 4 rings (SSSR count). The number of aryl methyl sites for hydroxylation is 1. The van der Waals surface area contributed by atoms with Gasteiger partial charge in [-0.25, -0.2) is 14.6 Å². The summed E-state index contributed by atoms with van der Waals surface area (Å²) in [6.45, 7) is 1.85. The Balaban J connectivity index is 1.82. The van der Waals surface area contributed by atoms with Crippen molar-refractivity contribution in [1.29, 1.82) is 0 Å². The zero-order chi connectivity index (χ0) is 24.9. The molecule has 176 valence electrons. The lowest BCUT2D eigenvalue weighted by Crippen LogP contribution is -2.43. The second-order valence-corrected chi connectivity index (χ2v) is 7.42. The molecule has 10 nitrogen and oxygen atoms in total. The molecule has 0 saturated heterocycles. The molecule has 0 atom stereocenters. The second-order valence-electron chi connectivity index (χ2n) is 7.42. The first-order valence-electron chi connectivity index (χ1n) is 10.3. The van der Waals surface area contributed by atoms with Gasteiger partial charge >= 0.3 is 6.09 Å². The maximum Gasteiger partial charge on any atom is 0.425 e. The number of nitrogens with zero attached hydrogens (tertiary/aromatic N) is 3. The highest BCUT2D eigenvalue weighted by Crippen LogP contribution is 2.35. The Morgan fingerprint density at radius 1 is 0.914 bits per heavy atom. The molecule has 0 radical (unpaired) electrons. The number of amides is 3. The van der Waals surface area contributed by atoms with Gasteiger partial charge in [-0.15, -0.1) is 0 Å². The first-order valence-corrected chi connectivity index (χ1v) is 10.3. The summed E-state index contributed by atoms with van der Waals surface area (Å²) < 4.78 is 14.0. The lowest BCUT2D eigenvalue weighted by molar-refractivity contribution is 0.0841. The molecule has 4 N–H and O–H groups in total. The van der Waals surface area contributed by atoms with Gasteiger partial charge in [-0.1, -0.05) is 42.0 Å². The van der Waals surface area contributed by atoms with E-state index in [0.29, 0.717) is 11.1 Å². The highest BCUT2D eigenvalue weighted by Gasteiger charge is 2.27. The van der Waals surface area contributed by atoms with E-state index in [9.17, 15) is 23.9 Å². The highest BCUT2D eigenvalue weighted by atomic mass is 19.1. The molecule has 11 heteroatoms. The smallest absolute Gasteiger partial charge is 0.425 e. The van der Waals surface area contributed by atoms with E-state index in [0.717, 1.165) is 10.4 Å². The summed E-state index contributed by atoms with van der Waals surface area (Å²) in [4.78, 5) is 41.7. The molecule has 2 aromatic carbocycles. The third-order valence-electron chi connectivity index (χ3n) is 4.94. The zero-order valence-electron chi connectivity index (χ0n) is 18.3. The minimum absolute atomic E-state index is 0.162. The summed E-state index contributed by atoms with van der Waals surface area (Å²) in [5.41, 5.74) is 8.77. The maximum absolute atomic E-state index is 14.0. The number of halogens is 1. The summed E-state index contributed by atoms with van der Waals surface area (Å²) in [5.74, 6) is -2.00. The summed E-state index contributed by atoms with van der Waals surface area (Å²) in [5, 5.41) is 13.6. The number of pyridine rings is 1. The van der Waals surface area contributed by atoms with Crippen LogP contribution in [0, 0.1) is 12.7 Å². The minimum Gasteiger partial charge on any atom is -0.464 e. The second kappa shape index (κ2) is 9.83. The van der Waals surface area contributed by atoms with Crippen molar-refractivity contribution in [2.45, 2.75) is 6.92 Å². The van der Waals surface area contributed by atoms with Crippen LogP contribution in [0.5, 0.6) is 0 Å². The Morgan fingerprint density at radius 3 is 2.29 bits per heavy atom. The molecule has 2 heterocycles. The van der Waals surface area contributed by atoms with E-state index in [1.807, 2.05) is 18.4 Å². The molecule has 0 bridgehead atoms. The normalized spacial score (nSPS) is 10.5. The Kier molecular flexibility index (Phi) is 6.49. The molecule has 0 aliphatic heterocycles. The number of hydrogen-bond acceptors (Lipinski definition) is 5. The van der Waals surface area contributed by atoms with Gasteiger partial charge in [-0.05, 0) is 36.8 Å². The van der Waals surface area contributed by atoms with Crippen LogP contribution >= 0.6 is 0 Å². The SMILES string of the molecule is Cc1cccc(-c2c(-c3cccc(F)c3)nn(NC(=O)O)c2C(=O)NNC(=O)c2ccncc2)c1. The number of carboxylic acid groups (broad SMARTS) is 1. The fourth-order valence-electron chi connectivity index (χ4n) is 3.46. The Labute approximate surface area is 198 Å². The lowest BCUT2D eigenvalue weighted by atomic mass is 9.97. The molecular weight excluding hydrogens is 455 g/mol. The lowest BCUT2D eigenvalue weighted by Gasteiger charge is -2.11. The standard InChI is InChI=1S/C24H19FN6O4/c1-14-4-2-5-16(12-14)19-20(17-6-3-7-18(25)13-17)29-31(30-24(34)35)21(19)23(33)28-27-22(32)15-8-10-26-11-9-15/h2-13,30H,1H3,(H,27,32)(H,28,33)(H,34,35). The van der Waals surface area contributed by atoms with Gasteiger partial charge in [0.1, 0.15) is 11.5 Å². The van der Waals surface area contributed by atoms with Crippen LogP contribution in [-0.2, 0) is 0 Å². The summed E-state index contributed by atoms with van der Waals surface area (Å²) in [7, 11) is 0. The van der Waals surface area contributed by atoms with E-state index in [1.165, 1.54) is 42.7 Å². The summed E-state index contributed by atoms with van der Waals surface area (Å²) in [6.07, 6.45) is 1.36. The quantitative estimate of drug-likeness (QED) is 0.327. The van der Waals surface area contributed by atoms with Crippen LogP contribution in [0.1, 0.15) is 26.4 Å².